The number of aryl methyl sites for hydroxylation is 1. The van der Waals surface area contributed by atoms with Gasteiger partial charge in [-0.15, -0.1) is 11.8 Å². The van der Waals surface area contributed by atoms with E-state index in [2.05, 4.69) is 47.4 Å². The van der Waals surface area contributed by atoms with Crippen molar-refractivity contribution in [3.63, 3.8) is 0 Å². The van der Waals surface area contributed by atoms with Gasteiger partial charge in [0.05, 0.1) is 11.8 Å². The summed E-state index contributed by atoms with van der Waals surface area (Å²) in [6, 6.07) is 18.4. The highest BCUT2D eigenvalue weighted by molar-refractivity contribution is 7.99. The van der Waals surface area contributed by atoms with Crippen LogP contribution >= 0.6 is 24.0 Å². The number of carbonyl (C=O) groups excluding carboxylic acids is 1. The lowest BCUT2D eigenvalue weighted by Crippen LogP contribution is -2.47. The molecule has 0 spiro atoms. The second kappa shape index (κ2) is 10.1. The van der Waals surface area contributed by atoms with Crippen LogP contribution in [0.3, 0.4) is 0 Å². The van der Waals surface area contributed by atoms with Crippen LogP contribution in [0.25, 0.3) is 0 Å². The van der Waals surface area contributed by atoms with Crippen molar-refractivity contribution in [3.8, 4) is 0 Å². The van der Waals surface area contributed by atoms with Crippen LogP contribution in [-0.4, -0.2) is 16.8 Å². The predicted octanol–water partition coefficient (Wildman–Crippen LogP) is 3.48. The maximum atomic E-state index is 11.9. The molecule has 2 rings (SSSR count). The molecule has 0 fully saturated rings. The van der Waals surface area contributed by atoms with E-state index in [0.29, 0.717) is 10.9 Å². The molecule has 0 radical (unpaired) electrons. The number of hydrazine groups is 1. The molecule has 0 aliphatic rings. The molecule has 0 heterocycles. The number of benzene rings is 2. The monoisotopic (exact) mass is 373 g/mol. The van der Waals surface area contributed by atoms with Crippen LogP contribution in [0.2, 0.25) is 0 Å². The molecule has 25 heavy (non-hydrogen) atoms. The molecule has 6 heteroatoms. The van der Waals surface area contributed by atoms with Crippen molar-refractivity contribution >= 4 is 35.0 Å². The first-order valence-corrected chi connectivity index (χ1v) is 9.64. The minimum atomic E-state index is -0.103. The fourth-order valence-corrected chi connectivity index (χ4v) is 3.18. The van der Waals surface area contributed by atoms with E-state index in [1.165, 1.54) is 11.1 Å². The molecule has 0 aliphatic carbocycles. The van der Waals surface area contributed by atoms with E-state index in [9.17, 15) is 4.79 Å². The Morgan fingerprint density at radius 2 is 1.76 bits per heavy atom. The standard InChI is InChI=1S/C19H23N3OS2/c1-14-8-10-16(11-9-14)12-25-13-18(23)21-22-19(24)20-15(2)17-6-4-3-5-7-17/h3-11,15H,12-13H2,1-2H3,(H,21,23)(H2,20,22,24)/t15-/m1/s1. The Morgan fingerprint density at radius 1 is 1.08 bits per heavy atom. The van der Waals surface area contributed by atoms with Crippen molar-refractivity contribution in [1.82, 2.24) is 16.2 Å². The summed E-state index contributed by atoms with van der Waals surface area (Å²) in [6.07, 6.45) is 0. The summed E-state index contributed by atoms with van der Waals surface area (Å²) < 4.78 is 0. The third-order valence-corrected chi connectivity index (χ3v) is 4.81. The Bertz CT molecular complexity index is 690. The van der Waals surface area contributed by atoms with Crippen molar-refractivity contribution in [1.29, 1.82) is 0 Å². The Balaban J connectivity index is 1.64. The van der Waals surface area contributed by atoms with Crippen LogP contribution in [0.15, 0.2) is 54.6 Å². The van der Waals surface area contributed by atoms with E-state index < -0.39 is 0 Å². The predicted molar refractivity (Wildman–Crippen MR) is 109 cm³/mol. The van der Waals surface area contributed by atoms with E-state index in [4.69, 9.17) is 12.2 Å². The number of carbonyl (C=O) groups is 1. The van der Waals surface area contributed by atoms with E-state index in [1.807, 2.05) is 37.3 Å². The molecule has 0 bridgehead atoms. The summed E-state index contributed by atoms with van der Waals surface area (Å²) in [4.78, 5) is 11.9. The highest BCUT2D eigenvalue weighted by Crippen LogP contribution is 2.12. The molecule has 2 aromatic rings. The van der Waals surface area contributed by atoms with Crippen molar-refractivity contribution in [3.05, 3.63) is 71.3 Å². The minimum Gasteiger partial charge on any atom is -0.355 e. The number of hydrogen-bond donors (Lipinski definition) is 3. The number of rotatable bonds is 6. The average Bonchev–Trinajstić information content (AvgIpc) is 2.62. The summed E-state index contributed by atoms with van der Waals surface area (Å²) in [5.41, 5.74) is 8.95. The molecule has 3 N–H and O–H groups in total. The number of amides is 1. The van der Waals surface area contributed by atoms with E-state index in [-0.39, 0.29) is 11.9 Å². The summed E-state index contributed by atoms with van der Waals surface area (Å²) in [5, 5.41) is 3.53. The summed E-state index contributed by atoms with van der Waals surface area (Å²) in [6.45, 7) is 4.08. The van der Waals surface area contributed by atoms with Crippen LogP contribution in [-0.2, 0) is 10.5 Å². The minimum absolute atomic E-state index is 0.0639. The normalized spacial score (nSPS) is 11.4. The Hall–Kier alpha value is -2.05. The summed E-state index contributed by atoms with van der Waals surface area (Å²) in [7, 11) is 0. The van der Waals surface area contributed by atoms with Crippen molar-refractivity contribution < 1.29 is 4.79 Å². The molecule has 0 saturated carbocycles. The Kier molecular flexibility index (Phi) is 7.76. The van der Waals surface area contributed by atoms with Gasteiger partial charge in [0.2, 0.25) is 5.91 Å². The van der Waals surface area contributed by atoms with Crippen molar-refractivity contribution in [2.24, 2.45) is 0 Å². The number of thiocarbonyl (C=S) groups is 1. The lowest BCUT2D eigenvalue weighted by atomic mass is 10.1. The van der Waals surface area contributed by atoms with Gasteiger partial charge in [0, 0.05) is 5.75 Å². The fraction of sp³-hybridized carbons (Fsp3) is 0.263. The molecule has 4 nitrogen and oxygen atoms in total. The number of hydrogen-bond acceptors (Lipinski definition) is 3. The maximum Gasteiger partial charge on any atom is 0.248 e. The second-order valence-corrected chi connectivity index (χ2v) is 7.15. The topological polar surface area (TPSA) is 53.2 Å². The van der Waals surface area contributed by atoms with E-state index in [0.717, 1.165) is 11.3 Å². The van der Waals surface area contributed by atoms with Gasteiger partial charge in [-0.1, -0.05) is 60.2 Å². The van der Waals surface area contributed by atoms with E-state index in [1.54, 1.807) is 11.8 Å². The molecule has 0 aliphatic heterocycles. The third kappa shape index (κ3) is 7.15. The van der Waals surface area contributed by atoms with Gasteiger partial charge in [-0.3, -0.25) is 15.6 Å². The molecular weight excluding hydrogens is 350 g/mol. The zero-order valence-corrected chi connectivity index (χ0v) is 16.0. The van der Waals surface area contributed by atoms with Crippen LogP contribution in [0.1, 0.15) is 29.7 Å². The maximum absolute atomic E-state index is 11.9. The van der Waals surface area contributed by atoms with Crippen LogP contribution in [0.5, 0.6) is 0 Å². The first-order chi connectivity index (χ1) is 12.0. The van der Waals surface area contributed by atoms with Gasteiger partial charge in [0.25, 0.3) is 0 Å². The molecule has 132 valence electrons. The largest absolute Gasteiger partial charge is 0.355 e. The molecule has 1 amide bonds. The SMILES string of the molecule is Cc1ccc(CSCC(=O)NNC(=S)N[C@H](C)c2ccccc2)cc1. The quantitative estimate of drug-likeness (QED) is 0.535. The zero-order chi connectivity index (χ0) is 18.1. The first-order valence-electron chi connectivity index (χ1n) is 8.08. The zero-order valence-electron chi connectivity index (χ0n) is 14.4. The van der Waals surface area contributed by atoms with Gasteiger partial charge >= 0.3 is 0 Å². The van der Waals surface area contributed by atoms with E-state index >= 15 is 0 Å². The lowest BCUT2D eigenvalue weighted by molar-refractivity contribution is -0.119. The number of thioether (sulfide) groups is 1. The van der Waals surface area contributed by atoms with Gasteiger partial charge < -0.3 is 5.32 Å². The smallest absolute Gasteiger partial charge is 0.248 e. The van der Waals surface area contributed by atoms with Gasteiger partial charge in [-0.05, 0) is 37.2 Å². The molecule has 1 atom stereocenters. The van der Waals surface area contributed by atoms with Crippen LogP contribution in [0.4, 0.5) is 0 Å². The second-order valence-electron chi connectivity index (χ2n) is 5.76. The van der Waals surface area contributed by atoms with Crippen molar-refractivity contribution in [2.75, 3.05) is 5.75 Å². The summed E-state index contributed by atoms with van der Waals surface area (Å²) in [5.74, 6) is 1.08. The first kappa shape index (κ1) is 19.3. The lowest BCUT2D eigenvalue weighted by Gasteiger charge is -2.17. The highest BCUT2D eigenvalue weighted by atomic mass is 32.2. The molecule has 0 aromatic heterocycles. The molecule has 2 aromatic carbocycles. The van der Waals surface area contributed by atoms with Crippen LogP contribution in [0, 0.1) is 6.92 Å². The highest BCUT2D eigenvalue weighted by Gasteiger charge is 2.07. The van der Waals surface area contributed by atoms with Gasteiger partial charge in [-0.2, -0.15) is 0 Å². The third-order valence-electron chi connectivity index (χ3n) is 3.59. The Labute approximate surface area is 158 Å². The number of nitrogens with one attached hydrogen (secondary N) is 3. The van der Waals surface area contributed by atoms with Gasteiger partial charge in [0.1, 0.15) is 0 Å². The van der Waals surface area contributed by atoms with Gasteiger partial charge in [-0.25, -0.2) is 0 Å². The molecular formula is C19H23N3OS2. The molecule has 0 unspecified atom stereocenters. The fourth-order valence-electron chi connectivity index (χ4n) is 2.17. The van der Waals surface area contributed by atoms with Gasteiger partial charge in [0.15, 0.2) is 5.11 Å². The van der Waals surface area contributed by atoms with Crippen molar-refractivity contribution in [2.45, 2.75) is 25.6 Å². The summed E-state index contributed by atoms with van der Waals surface area (Å²) >= 11 is 6.77. The Morgan fingerprint density at radius 3 is 2.44 bits per heavy atom. The molecule has 0 saturated heterocycles. The average molecular weight is 374 g/mol. The van der Waals surface area contributed by atoms with Crippen LogP contribution < -0.4 is 16.2 Å².